The number of phenols is 1. The Kier molecular flexibility index (Phi) is 7.97. The van der Waals surface area contributed by atoms with Gasteiger partial charge < -0.3 is 24.6 Å². The number of anilines is 1. The molecule has 2 aromatic carbocycles. The molecule has 5 heterocycles. The van der Waals surface area contributed by atoms with Crippen molar-refractivity contribution in [2.45, 2.75) is 76.0 Å². The number of benzene rings is 2. The van der Waals surface area contributed by atoms with Crippen LogP contribution in [-0.4, -0.2) is 87.2 Å². The predicted octanol–water partition coefficient (Wildman–Crippen LogP) is 5.76. The molecule has 3 saturated heterocycles. The number of hydrogen-bond donors (Lipinski definition) is 2. The average molecular weight is 634 g/mol. The quantitative estimate of drug-likeness (QED) is 0.251. The highest BCUT2D eigenvalue weighted by atomic mass is 19.1. The Labute approximate surface area is 267 Å². The summed E-state index contributed by atoms with van der Waals surface area (Å²) < 4.78 is 43.7. The maximum Gasteiger partial charge on any atom is 0.319 e. The van der Waals surface area contributed by atoms with E-state index in [0.29, 0.717) is 72.7 Å². The van der Waals surface area contributed by atoms with Crippen LogP contribution in [-0.2, 0) is 11.2 Å². The summed E-state index contributed by atoms with van der Waals surface area (Å²) in [4.78, 5) is 18.4. The molecule has 0 aliphatic carbocycles. The number of aromatic hydroxyl groups is 1. The maximum atomic E-state index is 16.8. The molecule has 3 atom stereocenters. The summed E-state index contributed by atoms with van der Waals surface area (Å²) in [6, 6.07) is 6.28. The SMILES string of the molecule is CCc1c(F)ccc2cc(O)cc(-c3ncc4c(N5CCC[C@@](C)(O)C5)nc(OC[C@@]56CCCN5[C@@H](COC)CC6)nc4c3F)c12. The molecule has 11 heteroatoms. The molecule has 0 amide bonds. The summed E-state index contributed by atoms with van der Waals surface area (Å²) in [7, 11) is 1.73. The molecule has 2 aromatic heterocycles. The van der Waals surface area contributed by atoms with Crippen LogP contribution in [0.3, 0.4) is 0 Å². The van der Waals surface area contributed by atoms with Crippen LogP contribution in [0.5, 0.6) is 11.8 Å². The minimum atomic E-state index is -0.937. The van der Waals surface area contributed by atoms with E-state index >= 15 is 4.39 Å². The topological polar surface area (TPSA) is 104 Å². The molecule has 46 heavy (non-hydrogen) atoms. The molecule has 9 nitrogen and oxygen atoms in total. The van der Waals surface area contributed by atoms with Crippen LogP contribution >= 0.6 is 0 Å². The number of aliphatic hydroxyl groups is 1. The number of aryl methyl sites for hydroxylation is 1. The second-order valence-electron chi connectivity index (χ2n) is 13.5. The molecular weight excluding hydrogens is 592 g/mol. The number of aromatic nitrogens is 3. The monoisotopic (exact) mass is 633 g/mol. The minimum Gasteiger partial charge on any atom is -0.508 e. The van der Waals surface area contributed by atoms with Gasteiger partial charge >= 0.3 is 6.01 Å². The fourth-order valence-electron chi connectivity index (χ4n) is 8.13. The zero-order valence-electron chi connectivity index (χ0n) is 26.7. The number of methoxy groups -OCH3 is 1. The predicted molar refractivity (Wildman–Crippen MR) is 172 cm³/mol. The van der Waals surface area contributed by atoms with Crippen molar-refractivity contribution in [2.75, 3.05) is 44.9 Å². The van der Waals surface area contributed by atoms with Gasteiger partial charge in [0.15, 0.2) is 5.82 Å². The van der Waals surface area contributed by atoms with Gasteiger partial charge in [-0.1, -0.05) is 13.0 Å². The molecule has 244 valence electrons. The summed E-state index contributed by atoms with van der Waals surface area (Å²) in [5.41, 5.74) is -0.420. The molecule has 0 saturated carbocycles. The Bertz CT molecular complexity index is 1800. The molecule has 3 aliphatic heterocycles. The number of ether oxygens (including phenoxy) is 2. The van der Waals surface area contributed by atoms with Gasteiger partial charge in [0.05, 0.1) is 23.1 Å². The first-order valence-electron chi connectivity index (χ1n) is 16.3. The van der Waals surface area contributed by atoms with Gasteiger partial charge in [-0.2, -0.15) is 9.97 Å². The van der Waals surface area contributed by atoms with Gasteiger partial charge in [0.1, 0.15) is 35.2 Å². The normalized spacial score (nSPS) is 25.1. The van der Waals surface area contributed by atoms with Crippen LogP contribution in [0.25, 0.3) is 32.9 Å². The number of nitrogens with zero attached hydrogens (tertiary/aromatic N) is 5. The van der Waals surface area contributed by atoms with E-state index in [4.69, 9.17) is 14.5 Å². The summed E-state index contributed by atoms with van der Waals surface area (Å²) in [5.74, 6) is -0.747. The van der Waals surface area contributed by atoms with E-state index < -0.39 is 17.2 Å². The molecule has 0 radical (unpaired) electrons. The van der Waals surface area contributed by atoms with Crippen molar-refractivity contribution in [3.63, 3.8) is 0 Å². The Hall–Kier alpha value is -3.67. The first-order chi connectivity index (χ1) is 22.1. The Morgan fingerprint density at radius 2 is 1.91 bits per heavy atom. The maximum absolute atomic E-state index is 16.8. The number of rotatable bonds is 8. The lowest BCUT2D eigenvalue weighted by Crippen LogP contribution is -2.48. The van der Waals surface area contributed by atoms with Gasteiger partial charge in [0.2, 0.25) is 0 Å². The third-order valence-electron chi connectivity index (χ3n) is 10.2. The van der Waals surface area contributed by atoms with Crippen molar-refractivity contribution < 1.29 is 28.5 Å². The lowest BCUT2D eigenvalue weighted by molar-refractivity contribution is 0.0445. The molecular formula is C35H41F2N5O4. The molecule has 3 aliphatic rings. The van der Waals surface area contributed by atoms with Crippen molar-refractivity contribution in [1.29, 1.82) is 0 Å². The third kappa shape index (κ3) is 5.32. The number of fused-ring (bicyclic) bond motifs is 3. The molecule has 0 bridgehead atoms. The number of piperidine rings is 1. The van der Waals surface area contributed by atoms with E-state index in [1.54, 1.807) is 20.1 Å². The van der Waals surface area contributed by atoms with Crippen LogP contribution in [0, 0.1) is 11.6 Å². The number of β-amino-alcohol motifs (C(OH)–C–C–N with tert-alkyl or cyclic N) is 1. The minimum absolute atomic E-state index is 0.0191. The first kappa shape index (κ1) is 31.0. The highest BCUT2D eigenvalue weighted by Crippen LogP contribution is 2.43. The molecule has 0 spiro atoms. The smallest absolute Gasteiger partial charge is 0.319 e. The van der Waals surface area contributed by atoms with Crippen LogP contribution < -0.4 is 9.64 Å². The van der Waals surface area contributed by atoms with Crippen LogP contribution in [0.2, 0.25) is 0 Å². The van der Waals surface area contributed by atoms with Crippen molar-refractivity contribution in [3.8, 4) is 23.0 Å². The van der Waals surface area contributed by atoms with Gasteiger partial charge in [-0.05, 0) is 92.9 Å². The molecule has 2 N–H and O–H groups in total. The van der Waals surface area contributed by atoms with Gasteiger partial charge in [-0.15, -0.1) is 0 Å². The summed E-state index contributed by atoms with van der Waals surface area (Å²) in [6.07, 6.45) is 7.34. The van der Waals surface area contributed by atoms with Crippen LogP contribution in [0.15, 0.2) is 30.5 Å². The van der Waals surface area contributed by atoms with E-state index in [1.165, 1.54) is 24.4 Å². The van der Waals surface area contributed by atoms with E-state index in [2.05, 4.69) is 14.9 Å². The first-order valence-corrected chi connectivity index (χ1v) is 16.3. The Balaban J connectivity index is 1.35. The molecule has 7 rings (SSSR count). The Morgan fingerprint density at radius 3 is 2.70 bits per heavy atom. The van der Waals surface area contributed by atoms with E-state index in [9.17, 15) is 14.6 Å². The highest BCUT2D eigenvalue weighted by Gasteiger charge is 2.49. The van der Waals surface area contributed by atoms with Crippen LogP contribution in [0.1, 0.15) is 57.9 Å². The number of phenolic OH excluding ortho intramolecular Hbond substituents is 1. The highest BCUT2D eigenvalue weighted by molar-refractivity contribution is 6.01. The third-order valence-corrected chi connectivity index (χ3v) is 10.2. The van der Waals surface area contributed by atoms with E-state index in [1.807, 2.05) is 11.8 Å². The molecule has 4 aromatic rings. The molecule has 0 unspecified atom stereocenters. The van der Waals surface area contributed by atoms with Crippen molar-refractivity contribution in [3.05, 3.63) is 47.7 Å². The lowest BCUT2D eigenvalue weighted by Gasteiger charge is -2.38. The average Bonchev–Trinajstić information content (AvgIpc) is 3.59. The Morgan fingerprint density at radius 1 is 1.09 bits per heavy atom. The van der Waals surface area contributed by atoms with Crippen molar-refractivity contribution in [2.24, 2.45) is 0 Å². The fourth-order valence-corrected chi connectivity index (χ4v) is 8.13. The second kappa shape index (κ2) is 11.8. The zero-order chi connectivity index (χ0) is 32.2. The van der Waals surface area contributed by atoms with Gasteiger partial charge in [0.25, 0.3) is 0 Å². The zero-order valence-corrected chi connectivity index (χ0v) is 26.7. The summed E-state index contributed by atoms with van der Waals surface area (Å²) >= 11 is 0. The number of hydrogen-bond acceptors (Lipinski definition) is 9. The summed E-state index contributed by atoms with van der Waals surface area (Å²) in [5, 5.41) is 23.0. The van der Waals surface area contributed by atoms with E-state index in [-0.39, 0.29) is 34.1 Å². The van der Waals surface area contributed by atoms with Crippen molar-refractivity contribution >= 4 is 27.5 Å². The fraction of sp³-hybridized carbons (Fsp3) is 0.514. The molecule has 3 fully saturated rings. The van der Waals surface area contributed by atoms with Gasteiger partial charge in [0, 0.05) is 38.0 Å². The van der Waals surface area contributed by atoms with Gasteiger partial charge in [-0.25, -0.2) is 8.78 Å². The largest absolute Gasteiger partial charge is 0.508 e. The number of halogens is 2. The van der Waals surface area contributed by atoms with Crippen LogP contribution in [0.4, 0.5) is 14.6 Å². The van der Waals surface area contributed by atoms with Gasteiger partial charge in [-0.3, -0.25) is 9.88 Å². The lowest BCUT2D eigenvalue weighted by atomic mass is 9.94. The number of pyridine rings is 1. The standard InChI is InChI=1S/C35H41F2N5O4/c1-4-24-27(36)8-7-21-15-23(43)16-25(28(21)24)30-29(37)31-26(17-38-30)32(41-13-5-10-34(2,44)19-41)40-33(39-31)46-20-35-11-6-14-42(35)22(9-12-35)18-45-3/h7-8,15-17,22,43-44H,4-6,9-14,18-20H2,1-3H3/t22-,34-,35+/m1/s1. The second-order valence-corrected chi connectivity index (χ2v) is 13.5. The summed E-state index contributed by atoms with van der Waals surface area (Å²) in [6.45, 7) is 6.58. The van der Waals surface area contributed by atoms with E-state index in [0.717, 1.165) is 38.6 Å². The van der Waals surface area contributed by atoms with Crippen molar-refractivity contribution in [1.82, 2.24) is 19.9 Å².